The minimum Gasteiger partial charge on any atom is -0.490 e. The van der Waals surface area contributed by atoms with Crippen molar-refractivity contribution in [3.63, 3.8) is 0 Å². The molecule has 3 nitrogen and oxygen atoms in total. The van der Waals surface area contributed by atoms with Crippen LogP contribution in [0.3, 0.4) is 0 Å². The Balaban J connectivity index is 1.27. The molecule has 3 aromatic carbocycles. The SMILES string of the molecule is S=C(c1ccc(OCCOc2ccc(Cl)cc2)cc1)N1CCc2ccccc2C1. The monoisotopic (exact) mass is 423 g/mol. The van der Waals surface area contributed by atoms with Gasteiger partial charge in [-0.25, -0.2) is 0 Å². The highest BCUT2D eigenvalue weighted by atomic mass is 35.5. The van der Waals surface area contributed by atoms with Crippen molar-refractivity contribution in [3.8, 4) is 11.5 Å². The molecular formula is C24H22ClNO2S. The molecule has 0 aliphatic carbocycles. The molecule has 0 saturated heterocycles. The van der Waals surface area contributed by atoms with E-state index in [2.05, 4.69) is 29.2 Å². The van der Waals surface area contributed by atoms with E-state index in [4.69, 9.17) is 33.3 Å². The molecule has 148 valence electrons. The van der Waals surface area contributed by atoms with Gasteiger partial charge in [0.05, 0.1) is 0 Å². The van der Waals surface area contributed by atoms with Gasteiger partial charge in [0.1, 0.15) is 29.7 Å². The molecule has 0 spiro atoms. The van der Waals surface area contributed by atoms with Crippen molar-refractivity contribution in [3.05, 3.63) is 94.5 Å². The second-order valence-corrected chi connectivity index (χ2v) is 7.74. The molecule has 1 heterocycles. The Hall–Kier alpha value is -2.56. The largest absolute Gasteiger partial charge is 0.490 e. The van der Waals surface area contributed by atoms with Crippen LogP contribution in [0.5, 0.6) is 11.5 Å². The summed E-state index contributed by atoms with van der Waals surface area (Å²) in [5.74, 6) is 1.59. The molecular weight excluding hydrogens is 402 g/mol. The summed E-state index contributed by atoms with van der Waals surface area (Å²) < 4.78 is 11.4. The Kier molecular flexibility index (Phi) is 6.33. The van der Waals surface area contributed by atoms with Crippen LogP contribution < -0.4 is 9.47 Å². The topological polar surface area (TPSA) is 21.7 Å². The summed E-state index contributed by atoms with van der Waals surface area (Å²) in [6.07, 6.45) is 1.03. The van der Waals surface area contributed by atoms with E-state index in [9.17, 15) is 0 Å². The summed E-state index contributed by atoms with van der Waals surface area (Å²) >= 11 is 11.6. The van der Waals surface area contributed by atoms with Gasteiger partial charge in [0.2, 0.25) is 0 Å². The lowest BCUT2D eigenvalue weighted by Gasteiger charge is -2.31. The van der Waals surface area contributed by atoms with E-state index in [1.807, 2.05) is 36.4 Å². The third kappa shape index (κ3) is 5.08. The average molecular weight is 424 g/mol. The van der Waals surface area contributed by atoms with Gasteiger partial charge in [-0.1, -0.05) is 48.1 Å². The fourth-order valence-electron chi connectivity index (χ4n) is 3.40. The van der Waals surface area contributed by atoms with Gasteiger partial charge in [0, 0.05) is 23.7 Å². The fraction of sp³-hybridized carbons (Fsp3) is 0.208. The molecule has 0 N–H and O–H groups in total. The van der Waals surface area contributed by atoms with Gasteiger partial charge in [-0.2, -0.15) is 0 Å². The number of thiocarbonyl (C=S) groups is 1. The summed E-state index contributed by atoms with van der Waals surface area (Å²) in [5.41, 5.74) is 3.84. The van der Waals surface area contributed by atoms with Crippen LogP contribution in [0.4, 0.5) is 0 Å². The first kappa shape index (κ1) is 19.7. The van der Waals surface area contributed by atoms with Crippen molar-refractivity contribution in [2.75, 3.05) is 19.8 Å². The Morgan fingerprint density at radius 2 is 1.41 bits per heavy atom. The number of hydrogen-bond donors (Lipinski definition) is 0. The van der Waals surface area contributed by atoms with Crippen LogP contribution in [0, 0.1) is 0 Å². The van der Waals surface area contributed by atoms with Crippen LogP contribution in [-0.4, -0.2) is 29.6 Å². The predicted molar refractivity (Wildman–Crippen MR) is 121 cm³/mol. The predicted octanol–water partition coefficient (Wildman–Crippen LogP) is 5.53. The van der Waals surface area contributed by atoms with Crippen molar-refractivity contribution < 1.29 is 9.47 Å². The third-order valence-corrected chi connectivity index (χ3v) is 5.70. The average Bonchev–Trinajstić information content (AvgIpc) is 2.77. The molecule has 4 rings (SSSR count). The Morgan fingerprint density at radius 3 is 2.07 bits per heavy atom. The van der Waals surface area contributed by atoms with Crippen LogP contribution in [0.15, 0.2) is 72.8 Å². The fourth-order valence-corrected chi connectivity index (χ4v) is 3.81. The van der Waals surface area contributed by atoms with Gasteiger partial charge in [-0.3, -0.25) is 0 Å². The molecule has 0 fully saturated rings. The maximum Gasteiger partial charge on any atom is 0.122 e. The van der Waals surface area contributed by atoms with Crippen molar-refractivity contribution in [1.82, 2.24) is 4.90 Å². The number of ether oxygens (including phenoxy) is 2. The molecule has 0 radical (unpaired) electrons. The first-order chi connectivity index (χ1) is 14.2. The van der Waals surface area contributed by atoms with E-state index in [1.54, 1.807) is 12.1 Å². The van der Waals surface area contributed by atoms with E-state index in [1.165, 1.54) is 11.1 Å². The van der Waals surface area contributed by atoms with Crippen molar-refractivity contribution in [1.29, 1.82) is 0 Å². The van der Waals surface area contributed by atoms with E-state index in [0.29, 0.717) is 18.2 Å². The second kappa shape index (κ2) is 9.29. The zero-order chi connectivity index (χ0) is 20.1. The molecule has 0 unspecified atom stereocenters. The lowest BCUT2D eigenvalue weighted by atomic mass is 9.99. The zero-order valence-electron chi connectivity index (χ0n) is 16.0. The quantitative estimate of drug-likeness (QED) is 0.383. The van der Waals surface area contributed by atoms with Gasteiger partial charge >= 0.3 is 0 Å². The third-order valence-electron chi connectivity index (χ3n) is 4.95. The van der Waals surface area contributed by atoms with Crippen molar-refractivity contribution in [2.24, 2.45) is 0 Å². The van der Waals surface area contributed by atoms with Crippen molar-refractivity contribution >= 4 is 28.8 Å². The molecule has 0 aromatic heterocycles. The molecule has 0 amide bonds. The van der Waals surface area contributed by atoms with Crippen LogP contribution in [0.25, 0.3) is 0 Å². The van der Waals surface area contributed by atoms with Gasteiger partial charge < -0.3 is 14.4 Å². The molecule has 3 aromatic rings. The van der Waals surface area contributed by atoms with Gasteiger partial charge in [-0.05, 0) is 66.1 Å². The van der Waals surface area contributed by atoms with Crippen molar-refractivity contribution in [2.45, 2.75) is 13.0 Å². The lowest BCUT2D eigenvalue weighted by Crippen LogP contribution is -2.35. The van der Waals surface area contributed by atoms with Crippen LogP contribution >= 0.6 is 23.8 Å². The van der Waals surface area contributed by atoms with Crippen LogP contribution in [0.2, 0.25) is 5.02 Å². The summed E-state index contributed by atoms with van der Waals surface area (Å²) in [7, 11) is 0. The van der Waals surface area contributed by atoms with Gasteiger partial charge in [0.15, 0.2) is 0 Å². The Morgan fingerprint density at radius 1 is 0.828 bits per heavy atom. The maximum atomic E-state index is 5.87. The van der Waals surface area contributed by atoms with E-state index >= 15 is 0 Å². The lowest BCUT2D eigenvalue weighted by molar-refractivity contribution is 0.217. The first-order valence-electron chi connectivity index (χ1n) is 9.66. The number of hydrogen-bond acceptors (Lipinski definition) is 3. The molecule has 0 atom stereocenters. The highest BCUT2D eigenvalue weighted by molar-refractivity contribution is 7.80. The number of rotatable bonds is 6. The van der Waals surface area contributed by atoms with E-state index in [-0.39, 0.29) is 0 Å². The molecule has 0 saturated carbocycles. The molecule has 1 aliphatic rings. The number of fused-ring (bicyclic) bond motifs is 1. The second-order valence-electron chi connectivity index (χ2n) is 6.92. The van der Waals surface area contributed by atoms with Gasteiger partial charge in [-0.15, -0.1) is 0 Å². The standard InChI is InChI=1S/C24H22ClNO2S/c25-21-7-11-23(12-8-21)28-16-15-27-22-9-5-19(6-10-22)24(29)26-14-13-18-3-1-2-4-20(18)17-26/h1-12H,13-17H2. The van der Waals surface area contributed by atoms with E-state index < -0.39 is 0 Å². The number of nitrogens with zero attached hydrogens (tertiary/aromatic N) is 1. The number of benzene rings is 3. The van der Waals surface area contributed by atoms with Crippen LogP contribution in [-0.2, 0) is 13.0 Å². The van der Waals surface area contributed by atoms with Gasteiger partial charge in [0.25, 0.3) is 0 Å². The van der Waals surface area contributed by atoms with E-state index in [0.717, 1.165) is 41.6 Å². The molecule has 29 heavy (non-hydrogen) atoms. The summed E-state index contributed by atoms with van der Waals surface area (Å²) in [4.78, 5) is 3.16. The highest BCUT2D eigenvalue weighted by Crippen LogP contribution is 2.22. The normalized spacial score (nSPS) is 12.9. The summed E-state index contributed by atoms with van der Waals surface area (Å²) in [5, 5.41) is 0.695. The Labute approximate surface area is 181 Å². The minimum absolute atomic E-state index is 0.467. The summed E-state index contributed by atoms with van der Waals surface area (Å²) in [6.45, 7) is 2.76. The maximum absolute atomic E-state index is 5.87. The first-order valence-corrected chi connectivity index (χ1v) is 10.4. The highest BCUT2D eigenvalue weighted by Gasteiger charge is 2.18. The minimum atomic E-state index is 0.467. The van der Waals surface area contributed by atoms with Crippen LogP contribution in [0.1, 0.15) is 16.7 Å². The molecule has 1 aliphatic heterocycles. The Bertz CT molecular complexity index is 973. The smallest absolute Gasteiger partial charge is 0.122 e. The zero-order valence-corrected chi connectivity index (χ0v) is 17.6. The molecule has 5 heteroatoms. The summed E-state index contributed by atoms with van der Waals surface area (Å²) in [6, 6.07) is 23.9. The number of halogens is 1. The molecule has 0 bridgehead atoms.